The summed E-state index contributed by atoms with van der Waals surface area (Å²) in [4.78, 5) is 31.2. The Kier molecular flexibility index (Phi) is 4.05. The highest BCUT2D eigenvalue weighted by atomic mass is 19.1. The highest BCUT2D eigenvalue weighted by Gasteiger charge is 2.16. The van der Waals surface area contributed by atoms with Crippen molar-refractivity contribution >= 4 is 28.6 Å². The van der Waals surface area contributed by atoms with Gasteiger partial charge in [-0.05, 0) is 36.4 Å². The molecule has 1 aromatic heterocycles. The fourth-order valence-corrected chi connectivity index (χ4v) is 2.26. The zero-order chi connectivity index (χ0) is 18.0. The van der Waals surface area contributed by atoms with E-state index in [0.717, 1.165) is 6.07 Å². The molecule has 0 bridgehead atoms. The fourth-order valence-electron chi connectivity index (χ4n) is 2.26. The summed E-state index contributed by atoms with van der Waals surface area (Å²) in [6.45, 7) is 0. The minimum absolute atomic E-state index is 0.0181. The van der Waals surface area contributed by atoms with E-state index in [1.54, 1.807) is 6.07 Å². The molecule has 0 spiro atoms. The molecular formula is C17H9FN4O3. The SMILES string of the molecule is N#Cc1cnc2ccc(C(=O)c3ccc(NC(=O)O)cc3F)cc2n1. The number of fused-ring (bicyclic) bond motifs is 1. The molecule has 0 saturated heterocycles. The van der Waals surface area contributed by atoms with Crippen LogP contribution in [0.5, 0.6) is 0 Å². The summed E-state index contributed by atoms with van der Waals surface area (Å²) in [5, 5.41) is 19.5. The lowest BCUT2D eigenvalue weighted by atomic mass is 10.0. The Labute approximate surface area is 140 Å². The van der Waals surface area contributed by atoms with E-state index in [4.69, 9.17) is 10.4 Å². The van der Waals surface area contributed by atoms with Crippen molar-refractivity contribution in [2.75, 3.05) is 5.32 Å². The summed E-state index contributed by atoms with van der Waals surface area (Å²) in [6, 6.07) is 9.73. The van der Waals surface area contributed by atoms with Crippen molar-refractivity contribution in [3.05, 3.63) is 65.2 Å². The van der Waals surface area contributed by atoms with Gasteiger partial charge >= 0.3 is 6.09 Å². The Bertz CT molecular complexity index is 1060. The van der Waals surface area contributed by atoms with Crippen LogP contribution in [0.2, 0.25) is 0 Å². The molecule has 0 aliphatic heterocycles. The average molecular weight is 336 g/mol. The zero-order valence-corrected chi connectivity index (χ0v) is 12.5. The van der Waals surface area contributed by atoms with Crippen LogP contribution in [0.15, 0.2) is 42.6 Å². The summed E-state index contributed by atoms with van der Waals surface area (Å²) in [6.07, 6.45) is -0.0163. The van der Waals surface area contributed by atoms with Gasteiger partial charge in [0.25, 0.3) is 0 Å². The van der Waals surface area contributed by atoms with Crippen molar-refractivity contribution < 1.29 is 19.1 Å². The first kappa shape index (κ1) is 16.0. The number of aromatic nitrogens is 2. The maximum absolute atomic E-state index is 14.1. The molecule has 25 heavy (non-hydrogen) atoms. The number of anilines is 1. The van der Waals surface area contributed by atoms with Gasteiger partial charge < -0.3 is 5.11 Å². The first-order valence-corrected chi connectivity index (χ1v) is 6.99. The van der Waals surface area contributed by atoms with Crippen molar-refractivity contribution in [1.29, 1.82) is 5.26 Å². The maximum Gasteiger partial charge on any atom is 0.409 e. The van der Waals surface area contributed by atoms with E-state index < -0.39 is 17.7 Å². The fraction of sp³-hybridized carbons (Fsp3) is 0. The first-order valence-electron chi connectivity index (χ1n) is 6.99. The lowest BCUT2D eigenvalue weighted by Crippen LogP contribution is -2.09. The van der Waals surface area contributed by atoms with Crippen LogP contribution >= 0.6 is 0 Å². The molecule has 0 radical (unpaired) electrons. The molecule has 7 nitrogen and oxygen atoms in total. The van der Waals surface area contributed by atoms with Crippen LogP contribution in [0.4, 0.5) is 14.9 Å². The third kappa shape index (κ3) is 3.25. The standard InChI is InChI=1S/C17H9FN4O3/c18-13-6-10(22-17(24)25)2-3-12(13)16(23)9-1-4-14-15(5-9)21-11(7-19)8-20-14/h1-6,8,22H,(H,24,25). The third-order valence-electron chi connectivity index (χ3n) is 3.38. The average Bonchev–Trinajstić information content (AvgIpc) is 2.59. The maximum atomic E-state index is 14.1. The predicted octanol–water partition coefficient (Wildman–Crippen LogP) is 2.96. The van der Waals surface area contributed by atoms with Gasteiger partial charge in [-0.1, -0.05) is 0 Å². The Balaban J connectivity index is 1.99. The second-order valence-corrected chi connectivity index (χ2v) is 5.02. The lowest BCUT2D eigenvalue weighted by Gasteiger charge is -2.06. The first-order chi connectivity index (χ1) is 12.0. The Hall–Kier alpha value is -3.86. The van der Waals surface area contributed by atoms with E-state index in [1.165, 1.54) is 30.5 Å². The number of carboxylic acid groups (broad SMARTS) is 1. The highest BCUT2D eigenvalue weighted by Crippen LogP contribution is 2.20. The smallest absolute Gasteiger partial charge is 0.409 e. The molecule has 8 heteroatoms. The third-order valence-corrected chi connectivity index (χ3v) is 3.38. The van der Waals surface area contributed by atoms with Gasteiger partial charge in [-0.15, -0.1) is 0 Å². The number of nitrogens with one attached hydrogen (secondary N) is 1. The number of halogens is 1. The topological polar surface area (TPSA) is 116 Å². The number of benzene rings is 2. The number of rotatable bonds is 3. The quantitative estimate of drug-likeness (QED) is 0.710. The van der Waals surface area contributed by atoms with E-state index in [-0.39, 0.29) is 22.5 Å². The van der Waals surface area contributed by atoms with Crippen LogP contribution in [0, 0.1) is 17.1 Å². The zero-order valence-electron chi connectivity index (χ0n) is 12.5. The normalized spacial score (nSPS) is 10.2. The van der Waals surface area contributed by atoms with Gasteiger partial charge in [0.1, 0.15) is 11.9 Å². The highest BCUT2D eigenvalue weighted by molar-refractivity contribution is 6.10. The van der Waals surface area contributed by atoms with Crippen LogP contribution in [0.25, 0.3) is 11.0 Å². The van der Waals surface area contributed by atoms with E-state index in [9.17, 15) is 14.0 Å². The molecule has 3 aromatic rings. The number of hydrogen-bond acceptors (Lipinski definition) is 5. The van der Waals surface area contributed by atoms with Crippen LogP contribution in [-0.2, 0) is 0 Å². The number of amides is 1. The summed E-state index contributed by atoms with van der Waals surface area (Å²) in [5.74, 6) is -1.45. The van der Waals surface area contributed by atoms with Gasteiger partial charge in [-0.2, -0.15) is 5.26 Å². The molecule has 0 aliphatic rings. The Morgan fingerprint density at radius 2 is 1.96 bits per heavy atom. The molecule has 0 fully saturated rings. The molecule has 0 aliphatic carbocycles. The minimum Gasteiger partial charge on any atom is -0.465 e. The van der Waals surface area contributed by atoms with Crippen LogP contribution < -0.4 is 5.32 Å². The number of carbonyl (C=O) groups is 2. The van der Waals surface area contributed by atoms with Gasteiger partial charge in [0.05, 0.1) is 22.8 Å². The lowest BCUT2D eigenvalue weighted by molar-refractivity contribution is 0.103. The van der Waals surface area contributed by atoms with Crippen LogP contribution in [-0.4, -0.2) is 27.0 Å². The monoisotopic (exact) mass is 336 g/mol. The summed E-state index contributed by atoms with van der Waals surface area (Å²) in [7, 11) is 0. The van der Waals surface area contributed by atoms with E-state index in [2.05, 4.69) is 9.97 Å². The Morgan fingerprint density at radius 3 is 2.64 bits per heavy atom. The number of carbonyl (C=O) groups excluding carboxylic acids is 1. The minimum atomic E-state index is -1.33. The van der Waals surface area contributed by atoms with Crippen molar-refractivity contribution in [3.63, 3.8) is 0 Å². The summed E-state index contributed by atoms with van der Waals surface area (Å²) < 4.78 is 14.1. The molecule has 0 saturated carbocycles. The predicted molar refractivity (Wildman–Crippen MR) is 85.7 cm³/mol. The van der Waals surface area contributed by atoms with Gasteiger partial charge in [-0.25, -0.2) is 14.2 Å². The second-order valence-electron chi connectivity index (χ2n) is 5.02. The number of ketones is 1. The summed E-state index contributed by atoms with van der Waals surface area (Å²) >= 11 is 0. The van der Waals surface area contributed by atoms with Gasteiger partial charge in [-0.3, -0.25) is 15.1 Å². The van der Waals surface area contributed by atoms with Crippen molar-refractivity contribution in [2.45, 2.75) is 0 Å². The van der Waals surface area contributed by atoms with Crippen LogP contribution in [0.1, 0.15) is 21.6 Å². The molecule has 1 amide bonds. The van der Waals surface area contributed by atoms with Gasteiger partial charge in [0.15, 0.2) is 11.5 Å². The number of nitrogens with zero attached hydrogens (tertiary/aromatic N) is 3. The Morgan fingerprint density at radius 1 is 1.16 bits per heavy atom. The molecule has 2 aromatic carbocycles. The number of hydrogen-bond donors (Lipinski definition) is 2. The molecule has 3 rings (SSSR count). The van der Waals surface area contributed by atoms with Crippen molar-refractivity contribution in [3.8, 4) is 6.07 Å². The van der Waals surface area contributed by atoms with E-state index in [0.29, 0.717) is 11.0 Å². The van der Waals surface area contributed by atoms with Crippen molar-refractivity contribution in [2.24, 2.45) is 0 Å². The molecule has 0 unspecified atom stereocenters. The summed E-state index contributed by atoms with van der Waals surface area (Å²) in [5.41, 5.74) is 0.929. The van der Waals surface area contributed by atoms with Gasteiger partial charge in [0.2, 0.25) is 0 Å². The van der Waals surface area contributed by atoms with E-state index >= 15 is 0 Å². The second kappa shape index (κ2) is 6.33. The van der Waals surface area contributed by atoms with E-state index in [1.807, 2.05) is 11.4 Å². The largest absolute Gasteiger partial charge is 0.465 e. The molecular weight excluding hydrogens is 327 g/mol. The molecule has 122 valence electrons. The van der Waals surface area contributed by atoms with Crippen molar-refractivity contribution in [1.82, 2.24) is 9.97 Å². The molecule has 1 heterocycles. The van der Waals surface area contributed by atoms with Gasteiger partial charge in [0, 0.05) is 11.3 Å². The molecule has 2 N–H and O–H groups in total. The number of nitriles is 1. The molecule has 0 atom stereocenters. The van der Waals surface area contributed by atoms with Crippen LogP contribution in [0.3, 0.4) is 0 Å².